The Balaban J connectivity index is 0.686. The molecule has 7 heteroatoms. The average Bonchev–Trinajstić information content (AvgIpc) is 3.47. The second-order valence-electron chi connectivity index (χ2n) is 19.8. The molecule has 4 bridgehead atoms. The van der Waals surface area contributed by atoms with Gasteiger partial charge in [-0.2, -0.15) is 0 Å². The largest absolute Gasteiger partial charge is 0.393 e. The lowest BCUT2D eigenvalue weighted by Gasteiger charge is -2.58. The Hall–Kier alpha value is -1.44. The van der Waals surface area contributed by atoms with Crippen molar-refractivity contribution >= 4 is 11.8 Å². The van der Waals surface area contributed by atoms with Crippen molar-refractivity contribution in [2.75, 3.05) is 39.5 Å². The van der Waals surface area contributed by atoms with Crippen LogP contribution in [0.4, 0.5) is 0 Å². The van der Waals surface area contributed by atoms with Gasteiger partial charge in [0.15, 0.2) is 0 Å². The predicted molar refractivity (Wildman–Crippen MR) is 206 cm³/mol. The molecule has 8 aliphatic rings. The van der Waals surface area contributed by atoms with E-state index in [4.69, 9.17) is 9.47 Å². The molecular formula is C45H74N2O5. The zero-order chi connectivity index (χ0) is 36.3. The van der Waals surface area contributed by atoms with Crippen molar-refractivity contribution in [3.8, 4) is 0 Å². The van der Waals surface area contributed by atoms with Gasteiger partial charge in [-0.05, 0) is 180 Å². The first kappa shape index (κ1) is 38.8. The van der Waals surface area contributed by atoms with Crippen molar-refractivity contribution in [3.63, 3.8) is 0 Å². The van der Waals surface area contributed by atoms with E-state index in [-0.39, 0.29) is 17.4 Å². The maximum atomic E-state index is 13.1. The van der Waals surface area contributed by atoms with Crippen LogP contribution in [0, 0.1) is 63.6 Å². The van der Waals surface area contributed by atoms with Crippen LogP contribution >= 0.6 is 0 Å². The second-order valence-corrected chi connectivity index (χ2v) is 19.8. The molecule has 52 heavy (non-hydrogen) atoms. The highest BCUT2D eigenvalue weighted by molar-refractivity contribution is 5.83. The Morgan fingerprint density at radius 3 is 2.13 bits per heavy atom. The number of hydrogen-bond acceptors (Lipinski definition) is 5. The first-order valence-corrected chi connectivity index (χ1v) is 22.2. The van der Waals surface area contributed by atoms with Crippen molar-refractivity contribution in [3.05, 3.63) is 11.6 Å². The summed E-state index contributed by atoms with van der Waals surface area (Å²) in [6.07, 6.45) is 24.8. The maximum absolute atomic E-state index is 13.1. The molecule has 3 N–H and O–H groups in total. The van der Waals surface area contributed by atoms with Gasteiger partial charge in [0.25, 0.3) is 0 Å². The van der Waals surface area contributed by atoms with Gasteiger partial charge in [-0.1, -0.05) is 32.4 Å². The van der Waals surface area contributed by atoms with Gasteiger partial charge >= 0.3 is 0 Å². The third kappa shape index (κ3) is 8.23. The summed E-state index contributed by atoms with van der Waals surface area (Å²) in [5, 5.41) is 16.8. The number of allylic oxidation sites excluding steroid dienone is 1. The fourth-order valence-corrected chi connectivity index (χ4v) is 14.2. The van der Waals surface area contributed by atoms with Crippen molar-refractivity contribution in [1.29, 1.82) is 0 Å². The minimum Gasteiger partial charge on any atom is -0.393 e. The Morgan fingerprint density at radius 1 is 0.827 bits per heavy atom. The van der Waals surface area contributed by atoms with E-state index in [1.807, 2.05) is 0 Å². The molecule has 8 rings (SSSR count). The number of aliphatic hydroxyl groups excluding tert-OH is 1. The molecule has 8 aliphatic carbocycles. The molecule has 0 saturated heterocycles. The molecule has 2 amide bonds. The lowest BCUT2D eigenvalue weighted by molar-refractivity contribution is -0.146. The first-order valence-electron chi connectivity index (χ1n) is 22.2. The number of hydrogen-bond donors (Lipinski definition) is 3. The molecule has 7 nitrogen and oxygen atoms in total. The number of carbonyl (C=O) groups excluding carboxylic acids is 2. The molecule has 0 aromatic rings. The Morgan fingerprint density at radius 2 is 1.46 bits per heavy atom. The second kappa shape index (κ2) is 16.7. The van der Waals surface area contributed by atoms with E-state index < -0.39 is 0 Å². The molecule has 294 valence electrons. The number of aliphatic hydroxyl groups is 1. The van der Waals surface area contributed by atoms with Gasteiger partial charge in [0.1, 0.15) is 0 Å². The highest BCUT2D eigenvalue weighted by atomic mass is 16.5. The first-order chi connectivity index (χ1) is 25.1. The minimum absolute atomic E-state index is 0.0445. The molecule has 0 heterocycles. The summed E-state index contributed by atoms with van der Waals surface area (Å²) >= 11 is 0. The number of carbonyl (C=O) groups is 2. The molecule has 7 saturated carbocycles. The third-order valence-electron chi connectivity index (χ3n) is 16.6. The quantitative estimate of drug-likeness (QED) is 0.0976. The van der Waals surface area contributed by atoms with E-state index >= 15 is 0 Å². The summed E-state index contributed by atoms with van der Waals surface area (Å²) in [4.78, 5) is 25.8. The molecule has 0 radical (unpaired) electrons. The van der Waals surface area contributed by atoms with Crippen LogP contribution in [0.5, 0.6) is 0 Å². The van der Waals surface area contributed by atoms with Gasteiger partial charge in [-0.3, -0.25) is 9.59 Å². The van der Waals surface area contributed by atoms with Crippen LogP contribution in [0.2, 0.25) is 0 Å². The zero-order valence-corrected chi connectivity index (χ0v) is 33.2. The van der Waals surface area contributed by atoms with E-state index in [0.29, 0.717) is 48.8 Å². The summed E-state index contributed by atoms with van der Waals surface area (Å²) in [7, 11) is 0. The van der Waals surface area contributed by atoms with Gasteiger partial charge in [0.05, 0.1) is 6.10 Å². The van der Waals surface area contributed by atoms with Gasteiger partial charge in [-0.25, -0.2) is 0 Å². The molecule has 0 aliphatic heterocycles. The van der Waals surface area contributed by atoms with Crippen LogP contribution in [-0.4, -0.2) is 62.5 Å². The molecule has 7 fully saturated rings. The topological polar surface area (TPSA) is 96.9 Å². The number of ether oxygens (including phenoxy) is 2. The fourth-order valence-electron chi connectivity index (χ4n) is 14.2. The standard InChI is InChI=1S/C45H74N2O5/c1-31(38-11-12-39-37-10-9-35-27-36(48)14-16-43(35,2)40(37)15-17-44(38,39)3)8-13-41(49)46-18-6-22-51-20-4-5-21-52-23-7-19-47-42(50)45-28-32-24-33(29-45)26-34(25-32)30-45/h9,31-34,36-40,48H,4-8,10-30H2,1-3H3,(H,46,49)(H,47,50)/t31-,32?,33?,34?,36+,37+,38-,39+,40+,43+,44-,45?/m1/s1. The van der Waals surface area contributed by atoms with E-state index in [1.165, 1.54) is 51.4 Å². The molecule has 0 spiro atoms. The summed E-state index contributed by atoms with van der Waals surface area (Å²) in [5.74, 6) is 6.63. The number of fused-ring (bicyclic) bond motifs is 5. The van der Waals surface area contributed by atoms with Crippen molar-refractivity contribution in [2.45, 2.75) is 155 Å². The van der Waals surface area contributed by atoms with Crippen molar-refractivity contribution in [1.82, 2.24) is 10.6 Å². The highest BCUT2D eigenvalue weighted by Gasteiger charge is 2.59. The van der Waals surface area contributed by atoms with Crippen LogP contribution in [-0.2, 0) is 19.1 Å². The summed E-state index contributed by atoms with van der Waals surface area (Å²) in [6, 6.07) is 0. The van der Waals surface area contributed by atoms with Crippen LogP contribution in [0.25, 0.3) is 0 Å². The molecule has 0 aromatic carbocycles. The monoisotopic (exact) mass is 723 g/mol. The maximum Gasteiger partial charge on any atom is 0.226 e. The molecule has 8 atom stereocenters. The highest BCUT2D eigenvalue weighted by Crippen LogP contribution is 2.67. The number of amides is 2. The van der Waals surface area contributed by atoms with Gasteiger partial charge in [0.2, 0.25) is 11.8 Å². The summed E-state index contributed by atoms with van der Waals surface area (Å²) in [6.45, 7) is 11.8. The van der Waals surface area contributed by atoms with Crippen LogP contribution in [0.3, 0.4) is 0 Å². The molecule has 0 aromatic heterocycles. The normalized spacial score (nSPS) is 40.7. The summed E-state index contributed by atoms with van der Waals surface area (Å²) < 4.78 is 11.6. The molecular weight excluding hydrogens is 649 g/mol. The lowest BCUT2D eigenvalue weighted by atomic mass is 9.47. The van der Waals surface area contributed by atoms with Crippen LogP contribution in [0.1, 0.15) is 149 Å². The van der Waals surface area contributed by atoms with Crippen LogP contribution in [0.15, 0.2) is 11.6 Å². The average molecular weight is 723 g/mol. The molecule has 0 unspecified atom stereocenters. The van der Waals surface area contributed by atoms with Gasteiger partial charge in [0, 0.05) is 51.4 Å². The van der Waals surface area contributed by atoms with Crippen molar-refractivity contribution < 1.29 is 24.2 Å². The third-order valence-corrected chi connectivity index (χ3v) is 16.6. The SMILES string of the molecule is C[C@H](CCC(=O)NCCCOCCCCOCCCNC(=O)C12CC3CC(CC(C3)C1)C2)[C@H]1CC[C@H]2[C@@H]3CC=C4C[C@@H](O)CC[C@]4(C)[C@H]3CC[C@]12C. The number of rotatable bonds is 18. The Labute approximate surface area is 316 Å². The summed E-state index contributed by atoms with van der Waals surface area (Å²) in [5.41, 5.74) is 2.23. The lowest BCUT2D eigenvalue weighted by Crippen LogP contribution is -2.53. The van der Waals surface area contributed by atoms with Crippen LogP contribution < -0.4 is 10.6 Å². The Bertz CT molecular complexity index is 1230. The zero-order valence-electron chi connectivity index (χ0n) is 33.2. The smallest absolute Gasteiger partial charge is 0.226 e. The predicted octanol–water partition coefficient (Wildman–Crippen LogP) is 8.39. The van der Waals surface area contributed by atoms with Crippen molar-refractivity contribution in [2.24, 2.45) is 63.6 Å². The van der Waals surface area contributed by atoms with Gasteiger partial charge < -0.3 is 25.2 Å². The fraction of sp³-hybridized carbons (Fsp3) is 0.911. The Kier molecular flexibility index (Phi) is 12.5. The van der Waals surface area contributed by atoms with E-state index in [2.05, 4.69) is 37.5 Å². The van der Waals surface area contributed by atoms with E-state index in [9.17, 15) is 14.7 Å². The minimum atomic E-state index is -0.131. The van der Waals surface area contributed by atoms with Gasteiger partial charge in [-0.15, -0.1) is 0 Å². The number of unbranched alkanes of at least 4 members (excludes halogenated alkanes) is 1. The number of nitrogens with one attached hydrogen (secondary N) is 2. The van der Waals surface area contributed by atoms with E-state index in [0.717, 1.165) is 132 Å². The van der Waals surface area contributed by atoms with E-state index in [1.54, 1.807) is 5.57 Å².